The molecular weight excluding hydrogens is 402 g/mol. The standard InChI is InChI=1S/C22H27N3O4S/c1-5-16-7-6-8-19(11-16)25-14-17(12-21(25)26)22(27)23-18-10-9-15(2)20(13-18)30(28,29)24(3)4/h6-11,13,17H,5,12,14H2,1-4H3,(H,23,27)/t17-/m1/s1. The monoisotopic (exact) mass is 429 g/mol. The van der Waals surface area contributed by atoms with E-state index in [2.05, 4.69) is 5.32 Å². The molecule has 2 amide bonds. The van der Waals surface area contributed by atoms with Crippen molar-refractivity contribution in [2.45, 2.75) is 31.6 Å². The van der Waals surface area contributed by atoms with Gasteiger partial charge >= 0.3 is 0 Å². The van der Waals surface area contributed by atoms with Crippen molar-refractivity contribution in [1.82, 2.24) is 4.31 Å². The first-order valence-corrected chi connectivity index (χ1v) is 11.3. The number of hydrogen-bond acceptors (Lipinski definition) is 4. The van der Waals surface area contributed by atoms with E-state index in [1.54, 1.807) is 24.0 Å². The fourth-order valence-electron chi connectivity index (χ4n) is 3.47. The first-order valence-electron chi connectivity index (χ1n) is 9.86. The van der Waals surface area contributed by atoms with Gasteiger partial charge in [-0.25, -0.2) is 12.7 Å². The van der Waals surface area contributed by atoms with Crippen LogP contribution in [-0.2, 0) is 26.0 Å². The van der Waals surface area contributed by atoms with Crippen LogP contribution in [0.4, 0.5) is 11.4 Å². The molecule has 160 valence electrons. The zero-order chi connectivity index (χ0) is 22.1. The normalized spacial score (nSPS) is 16.9. The van der Waals surface area contributed by atoms with Crippen molar-refractivity contribution in [2.75, 3.05) is 30.9 Å². The SMILES string of the molecule is CCc1cccc(N2C[C@H](C(=O)Nc3ccc(C)c(S(=O)(=O)N(C)C)c3)CC2=O)c1. The average molecular weight is 430 g/mol. The van der Waals surface area contributed by atoms with Crippen molar-refractivity contribution in [3.63, 3.8) is 0 Å². The van der Waals surface area contributed by atoms with E-state index in [4.69, 9.17) is 0 Å². The summed E-state index contributed by atoms with van der Waals surface area (Å²) in [5.41, 5.74) is 2.91. The molecule has 2 aromatic carbocycles. The van der Waals surface area contributed by atoms with E-state index in [1.807, 2.05) is 31.2 Å². The molecule has 30 heavy (non-hydrogen) atoms. The van der Waals surface area contributed by atoms with Gasteiger partial charge in [0.1, 0.15) is 0 Å². The van der Waals surface area contributed by atoms with Crippen molar-refractivity contribution in [3.05, 3.63) is 53.6 Å². The van der Waals surface area contributed by atoms with E-state index in [1.165, 1.54) is 20.2 Å². The molecule has 2 aromatic rings. The van der Waals surface area contributed by atoms with Crippen LogP contribution in [-0.4, -0.2) is 45.2 Å². The Hall–Kier alpha value is -2.71. The van der Waals surface area contributed by atoms with Crippen LogP contribution >= 0.6 is 0 Å². The Kier molecular flexibility index (Phi) is 6.28. The van der Waals surface area contributed by atoms with Crippen molar-refractivity contribution in [1.29, 1.82) is 0 Å². The molecule has 1 atom stereocenters. The van der Waals surface area contributed by atoms with E-state index < -0.39 is 15.9 Å². The first-order chi connectivity index (χ1) is 14.1. The number of aryl methyl sites for hydroxylation is 2. The van der Waals surface area contributed by atoms with E-state index in [0.717, 1.165) is 22.0 Å². The zero-order valence-electron chi connectivity index (χ0n) is 17.7. The molecule has 1 fully saturated rings. The van der Waals surface area contributed by atoms with Crippen molar-refractivity contribution in [2.24, 2.45) is 5.92 Å². The van der Waals surface area contributed by atoms with Gasteiger partial charge < -0.3 is 10.2 Å². The maximum atomic E-state index is 12.8. The number of carbonyl (C=O) groups excluding carboxylic acids is 2. The number of sulfonamides is 1. The summed E-state index contributed by atoms with van der Waals surface area (Å²) >= 11 is 0. The van der Waals surface area contributed by atoms with Gasteiger partial charge in [0.05, 0.1) is 10.8 Å². The Labute approximate surface area is 177 Å². The van der Waals surface area contributed by atoms with Crippen LogP contribution in [0.5, 0.6) is 0 Å². The molecule has 1 aliphatic rings. The van der Waals surface area contributed by atoms with Crippen molar-refractivity contribution < 1.29 is 18.0 Å². The largest absolute Gasteiger partial charge is 0.326 e. The van der Waals surface area contributed by atoms with Crippen LogP contribution in [0.1, 0.15) is 24.5 Å². The number of amides is 2. The average Bonchev–Trinajstić information content (AvgIpc) is 3.11. The molecule has 0 bridgehead atoms. The van der Waals surface area contributed by atoms with Crippen LogP contribution in [0.25, 0.3) is 0 Å². The Bertz CT molecular complexity index is 1080. The number of hydrogen-bond donors (Lipinski definition) is 1. The Balaban J connectivity index is 1.76. The minimum absolute atomic E-state index is 0.0943. The van der Waals surface area contributed by atoms with Crippen LogP contribution in [0.2, 0.25) is 0 Å². The lowest BCUT2D eigenvalue weighted by Crippen LogP contribution is -2.28. The number of rotatable bonds is 6. The van der Waals surface area contributed by atoms with E-state index >= 15 is 0 Å². The number of carbonyl (C=O) groups is 2. The summed E-state index contributed by atoms with van der Waals surface area (Å²) in [5.74, 6) is -0.893. The summed E-state index contributed by atoms with van der Waals surface area (Å²) in [4.78, 5) is 27.1. The lowest BCUT2D eigenvalue weighted by molar-refractivity contribution is -0.122. The molecule has 0 aliphatic carbocycles. The third-order valence-corrected chi connectivity index (χ3v) is 7.30. The summed E-state index contributed by atoms with van der Waals surface area (Å²) in [5, 5.41) is 2.78. The maximum absolute atomic E-state index is 12.8. The highest BCUT2D eigenvalue weighted by Gasteiger charge is 2.35. The molecule has 1 saturated heterocycles. The third kappa shape index (κ3) is 4.39. The fraction of sp³-hybridized carbons (Fsp3) is 0.364. The molecule has 0 unspecified atom stereocenters. The second-order valence-corrected chi connectivity index (χ2v) is 9.81. The highest BCUT2D eigenvalue weighted by Crippen LogP contribution is 2.28. The summed E-state index contributed by atoms with van der Waals surface area (Å²) in [6.07, 6.45) is 0.988. The van der Waals surface area contributed by atoms with Gasteiger partial charge in [0.15, 0.2) is 0 Å². The minimum Gasteiger partial charge on any atom is -0.326 e. The van der Waals surface area contributed by atoms with Gasteiger partial charge in [-0.3, -0.25) is 9.59 Å². The smallest absolute Gasteiger partial charge is 0.242 e. The van der Waals surface area contributed by atoms with Crippen LogP contribution in [0.3, 0.4) is 0 Å². The molecule has 3 rings (SSSR count). The number of benzene rings is 2. The fourth-order valence-corrected chi connectivity index (χ4v) is 4.62. The molecule has 8 heteroatoms. The maximum Gasteiger partial charge on any atom is 0.242 e. The summed E-state index contributed by atoms with van der Waals surface area (Å²) in [6, 6.07) is 12.5. The van der Waals surface area contributed by atoms with Gasteiger partial charge in [0.25, 0.3) is 0 Å². The predicted octanol–water partition coefficient (Wildman–Crippen LogP) is 2.80. The Morgan fingerprint density at radius 2 is 1.93 bits per heavy atom. The molecular formula is C22H27N3O4S. The van der Waals surface area contributed by atoms with Gasteiger partial charge in [0, 0.05) is 38.4 Å². The molecule has 0 radical (unpaired) electrons. The van der Waals surface area contributed by atoms with E-state index in [-0.39, 0.29) is 23.1 Å². The van der Waals surface area contributed by atoms with Gasteiger partial charge in [-0.05, 0) is 48.7 Å². The topological polar surface area (TPSA) is 86.8 Å². The molecule has 1 aliphatic heterocycles. The third-order valence-electron chi connectivity index (χ3n) is 5.34. The van der Waals surface area contributed by atoms with Gasteiger partial charge in [-0.2, -0.15) is 0 Å². The van der Waals surface area contributed by atoms with Crippen molar-refractivity contribution >= 4 is 33.2 Å². The molecule has 7 nitrogen and oxygen atoms in total. The molecule has 0 saturated carbocycles. The minimum atomic E-state index is -3.63. The van der Waals surface area contributed by atoms with E-state index in [0.29, 0.717) is 17.8 Å². The second kappa shape index (κ2) is 8.57. The highest BCUT2D eigenvalue weighted by molar-refractivity contribution is 7.89. The molecule has 0 aromatic heterocycles. The lowest BCUT2D eigenvalue weighted by Gasteiger charge is -2.18. The van der Waals surface area contributed by atoms with Crippen molar-refractivity contribution in [3.8, 4) is 0 Å². The van der Waals surface area contributed by atoms with Gasteiger partial charge in [0.2, 0.25) is 21.8 Å². The summed E-state index contributed by atoms with van der Waals surface area (Å²) in [6.45, 7) is 4.06. The quantitative estimate of drug-likeness (QED) is 0.765. The Morgan fingerprint density at radius 1 is 1.20 bits per heavy atom. The molecule has 1 heterocycles. The van der Waals surface area contributed by atoms with Gasteiger partial charge in [-0.15, -0.1) is 0 Å². The Morgan fingerprint density at radius 3 is 2.60 bits per heavy atom. The lowest BCUT2D eigenvalue weighted by atomic mass is 10.1. The highest BCUT2D eigenvalue weighted by atomic mass is 32.2. The van der Waals surface area contributed by atoms with Crippen LogP contribution in [0.15, 0.2) is 47.4 Å². The number of nitrogens with zero attached hydrogens (tertiary/aromatic N) is 2. The number of anilines is 2. The van der Waals surface area contributed by atoms with Crippen LogP contribution < -0.4 is 10.2 Å². The predicted molar refractivity (Wildman–Crippen MR) is 117 cm³/mol. The van der Waals surface area contributed by atoms with Crippen LogP contribution in [0, 0.1) is 12.8 Å². The molecule has 1 N–H and O–H groups in total. The second-order valence-electron chi connectivity index (χ2n) is 7.69. The summed E-state index contributed by atoms with van der Waals surface area (Å²) < 4.78 is 26.1. The molecule has 0 spiro atoms. The van der Waals surface area contributed by atoms with Gasteiger partial charge in [-0.1, -0.05) is 25.1 Å². The zero-order valence-corrected chi connectivity index (χ0v) is 18.5. The number of nitrogens with one attached hydrogen (secondary N) is 1. The summed E-state index contributed by atoms with van der Waals surface area (Å²) in [7, 11) is -0.696. The van der Waals surface area contributed by atoms with E-state index in [9.17, 15) is 18.0 Å². The first kappa shape index (κ1) is 22.0.